The van der Waals surface area contributed by atoms with E-state index in [2.05, 4.69) is 5.32 Å². The van der Waals surface area contributed by atoms with Crippen molar-refractivity contribution >= 4 is 24.0 Å². The Hall–Kier alpha value is -1.33. The van der Waals surface area contributed by atoms with Crippen molar-refractivity contribution in [2.45, 2.75) is 6.92 Å². The van der Waals surface area contributed by atoms with E-state index in [1.807, 2.05) is 6.92 Å². The highest BCUT2D eigenvalue weighted by atomic mass is 35.5. The first-order valence-corrected chi connectivity index (χ1v) is 6.61. The van der Waals surface area contributed by atoms with Crippen molar-refractivity contribution in [1.29, 1.82) is 0 Å². The molecule has 1 unspecified atom stereocenters. The minimum atomic E-state index is -0.343. The number of benzene rings is 1. The maximum Gasteiger partial charge on any atom is 0.230 e. The molecule has 2 aliphatic rings. The first kappa shape index (κ1) is 15.1. The number of ether oxygens (including phenoxy) is 1. The standard InChI is InChI=1S/C14H17FN2O2.ClH/c1-9(10-7-16-8-10)14(18)17-4-5-19-13-6-11(15)2-3-12(13)17;/h2-3,6,9-10,16H,4-5,7-8H2,1H3;1H. The van der Waals surface area contributed by atoms with Gasteiger partial charge in [-0.3, -0.25) is 4.79 Å². The van der Waals surface area contributed by atoms with E-state index in [-0.39, 0.29) is 30.0 Å². The lowest BCUT2D eigenvalue weighted by atomic mass is 9.87. The summed E-state index contributed by atoms with van der Waals surface area (Å²) in [6, 6.07) is 4.32. The molecule has 1 N–H and O–H groups in total. The number of hydrogen-bond donors (Lipinski definition) is 1. The summed E-state index contributed by atoms with van der Waals surface area (Å²) in [5.41, 5.74) is 0.678. The predicted octanol–water partition coefficient (Wildman–Crippen LogP) is 1.83. The topological polar surface area (TPSA) is 41.6 Å². The molecule has 110 valence electrons. The zero-order valence-corrected chi connectivity index (χ0v) is 12.1. The molecule has 0 aromatic heterocycles. The molecule has 1 amide bonds. The minimum Gasteiger partial charge on any atom is -0.489 e. The third kappa shape index (κ3) is 2.60. The Morgan fingerprint density at radius 2 is 2.25 bits per heavy atom. The Labute approximate surface area is 123 Å². The number of carbonyl (C=O) groups excluding carboxylic acids is 1. The van der Waals surface area contributed by atoms with Crippen LogP contribution in [0.2, 0.25) is 0 Å². The number of fused-ring (bicyclic) bond motifs is 1. The van der Waals surface area contributed by atoms with Gasteiger partial charge in [0.1, 0.15) is 18.2 Å². The minimum absolute atomic E-state index is 0. The summed E-state index contributed by atoms with van der Waals surface area (Å²) < 4.78 is 18.6. The van der Waals surface area contributed by atoms with Crippen molar-refractivity contribution in [3.63, 3.8) is 0 Å². The van der Waals surface area contributed by atoms with Crippen LogP contribution in [-0.4, -0.2) is 32.1 Å². The third-order valence-corrected chi connectivity index (χ3v) is 3.96. The smallest absolute Gasteiger partial charge is 0.230 e. The number of amides is 1. The van der Waals surface area contributed by atoms with E-state index < -0.39 is 0 Å². The molecule has 6 heteroatoms. The fraction of sp³-hybridized carbons (Fsp3) is 0.500. The number of halogens is 2. The molecule has 4 nitrogen and oxygen atoms in total. The first-order chi connectivity index (χ1) is 9.16. The van der Waals surface area contributed by atoms with Crippen LogP contribution in [0, 0.1) is 17.7 Å². The quantitative estimate of drug-likeness (QED) is 0.906. The van der Waals surface area contributed by atoms with Crippen molar-refractivity contribution in [1.82, 2.24) is 5.32 Å². The van der Waals surface area contributed by atoms with Gasteiger partial charge in [-0.1, -0.05) is 6.92 Å². The SMILES string of the molecule is CC(C(=O)N1CCOc2cc(F)ccc21)C1CNC1.Cl. The normalized spacial score (nSPS) is 19.2. The average molecular weight is 301 g/mol. The fourth-order valence-electron chi connectivity index (χ4n) is 2.53. The summed E-state index contributed by atoms with van der Waals surface area (Å²) in [7, 11) is 0. The molecule has 1 saturated heterocycles. The van der Waals surface area contributed by atoms with E-state index in [1.54, 1.807) is 11.0 Å². The van der Waals surface area contributed by atoms with Crippen LogP contribution in [0.25, 0.3) is 0 Å². The Morgan fingerprint density at radius 1 is 1.50 bits per heavy atom. The summed E-state index contributed by atoms with van der Waals surface area (Å²) in [6.07, 6.45) is 0. The van der Waals surface area contributed by atoms with Gasteiger partial charge in [0, 0.05) is 12.0 Å². The van der Waals surface area contributed by atoms with Gasteiger partial charge in [0.25, 0.3) is 0 Å². The molecular weight excluding hydrogens is 283 g/mol. The zero-order chi connectivity index (χ0) is 13.4. The monoisotopic (exact) mass is 300 g/mol. The van der Waals surface area contributed by atoms with Gasteiger partial charge in [-0.15, -0.1) is 12.4 Å². The number of rotatable bonds is 2. The molecule has 1 fully saturated rings. The lowest BCUT2D eigenvalue weighted by Gasteiger charge is -2.37. The molecule has 1 aromatic carbocycles. The summed E-state index contributed by atoms with van der Waals surface area (Å²) in [6.45, 7) is 4.70. The fourth-order valence-corrected chi connectivity index (χ4v) is 2.53. The third-order valence-electron chi connectivity index (χ3n) is 3.96. The lowest BCUT2D eigenvalue weighted by Crippen LogP contribution is -2.51. The van der Waals surface area contributed by atoms with Crippen molar-refractivity contribution in [2.24, 2.45) is 11.8 Å². The van der Waals surface area contributed by atoms with Crippen LogP contribution in [0.1, 0.15) is 6.92 Å². The molecule has 1 aromatic rings. The second kappa shape index (κ2) is 5.97. The number of anilines is 1. The molecule has 0 aliphatic carbocycles. The van der Waals surface area contributed by atoms with Gasteiger partial charge in [0.15, 0.2) is 0 Å². The van der Waals surface area contributed by atoms with Gasteiger partial charge < -0.3 is 15.0 Å². The highest BCUT2D eigenvalue weighted by Gasteiger charge is 2.34. The molecule has 0 saturated carbocycles. The van der Waals surface area contributed by atoms with Gasteiger partial charge in [-0.2, -0.15) is 0 Å². The predicted molar refractivity (Wildman–Crippen MR) is 77.0 cm³/mol. The van der Waals surface area contributed by atoms with E-state index in [1.165, 1.54) is 12.1 Å². The van der Waals surface area contributed by atoms with Crippen LogP contribution in [0.3, 0.4) is 0 Å². The summed E-state index contributed by atoms with van der Waals surface area (Å²) in [5, 5.41) is 3.18. The lowest BCUT2D eigenvalue weighted by molar-refractivity contribution is -0.124. The molecule has 2 heterocycles. The van der Waals surface area contributed by atoms with Crippen molar-refractivity contribution in [3.8, 4) is 5.75 Å². The number of hydrogen-bond acceptors (Lipinski definition) is 3. The average Bonchev–Trinajstić information content (AvgIpc) is 2.34. The Kier molecular flexibility index (Phi) is 4.50. The summed E-state index contributed by atoms with van der Waals surface area (Å²) in [4.78, 5) is 14.3. The van der Waals surface area contributed by atoms with Crippen LogP contribution in [0.5, 0.6) is 5.75 Å². The molecule has 2 aliphatic heterocycles. The molecule has 0 bridgehead atoms. The van der Waals surface area contributed by atoms with E-state index in [0.29, 0.717) is 30.5 Å². The first-order valence-electron chi connectivity index (χ1n) is 6.61. The van der Waals surface area contributed by atoms with Crippen LogP contribution < -0.4 is 15.0 Å². The molecule has 1 atom stereocenters. The highest BCUT2D eigenvalue weighted by Crippen LogP contribution is 2.34. The second-order valence-electron chi connectivity index (χ2n) is 5.16. The maximum absolute atomic E-state index is 13.2. The van der Waals surface area contributed by atoms with Gasteiger partial charge in [-0.05, 0) is 31.1 Å². The van der Waals surface area contributed by atoms with Crippen molar-refractivity contribution in [3.05, 3.63) is 24.0 Å². The van der Waals surface area contributed by atoms with E-state index >= 15 is 0 Å². The van der Waals surface area contributed by atoms with Crippen LogP contribution in [0.4, 0.5) is 10.1 Å². The molecule has 0 spiro atoms. The van der Waals surface area contributed by atoms with Gasteiger partial charge in [-0.25, -0.2) is 4.39 Å². The summed E-state index contributed by atoms with van der Waals surface area (Å²) >= 11 is 0. The van der Waals surface area contributed by atoms with Gasteiger partial charge in [0.05, 0.1) is 12.2 Å². The number of nitrogens with zero attached hydrogens (tertiary/aromatic N) is 1. The van der Waals surface area contributed by atoms with E-state index in [0.717, 1.165) is 13.1 Å². The maximum atomic E-state index is 13.2. The molecule has 20 heavy (non-hydrogen) atoms. The molecular formula is C14H18ClFN2O2. The van der Waals surface area contributed by atoms with Gasteiger partial charge >= 0.3 is 0 Å². The van der Waals surface area contributed by atoms with E-state index in [4.69, 9.17) is 4.74 Å². The van der Waals surface area contributed by atoms with Gasteiger partial charge in [0.2, 0.25) is 5.91 Å². The van der Waals surface area contributed by atoms with Crippen LogP contribution >= 0.6 is 12.4 Å². The molecule has 0 radical (unpaired) electrons. The number of carbonyl (C=O) groups is 1. The number of nitrogens with one attached hydrogen (secondary N) is 1. The Morgan fingerprint density at radius 3 is 2.90 bits per heavy atom. The Bertz CT molecular complexity index is 508. The van der Waals surface area contributed by atoms with Crippen LogP contribution in [-0.2, 0) is 4.79 Å². The van der Waals surface area contributed by atoms with Crippen molar-refractivity contribution < 1.29 is 13.9 Å². The second-order valence-corrected chi connectivity index (χ2v) is 5.16. The van der Waals surface area contributed by atoms with E-state index in [9.17, 15) is 9.18 Å². The summed E-state index contributed by atoms with van der Waals surface area (Å²) in [5.74, 6) is 0.599. The largest absolute Gasteiger partial charge is 0.489 e. The van der Waals surface area contributed by atoms with Crippen LogP contribution in [0.15, 0.2) is 18.2 Å². The zero-order valence-electron chi connectivity index (χ0n) is 11.3. The molecule has 3 rings (SSSR count). The highest BCUT2D eigenvalue weighted by molar-refractivity contribution is 5.96. The van der Waals surface area contributed by atoms with Crippen molar-refractivity contribution in [2.75, 3.05) is 31.1 Å². The Balaban J connectivity index is 0.00000147.